The van der Waals surface area contributed by atoms with E-state index in [1.807, 2.05) is 0 Å². The molecule has 0 radical (unpaired) electrons. The zero-order chi connectivity index (χ0) is 21.0. The highest BCUT2D eigenvalue weighted by atomic mass is 32.2. The number of rotatable bonds is 7. The second kappa shape index (κ2) is 9.26. The number of nitrogens with two attached hydrogens (primary N) is 1. The van der Waals surface area contributed by atoms with Gasteiger partial charge in [-0.05, 0) is 22.9 Å². The Hall–Kier alpha value is -1.93. The number of thiophene rings is 2. The van der Waals surface area contributed by atoms with E-state index in [2.05, 4.69) is 5.32 Å². The number of ether oxygens (including phenoxy) is 1. The molecule has 0 bridgehead atoms. The molecule has 2 aromatic rings. The molecule has 1 aliphatic rings. The first-order chi connectivity index (χ1) is 13.8. The minimum absolute atomic E-state index is 0.0787. The highest BCUT2D eigenvalue weighted by Gasteiger charge is 2.32. The minimum atomic E-state index is -3.81. The Labute approximate surface area is 179 Å². The summed E-state index contributed by atoms with van der Waals surface area (Å²) < 4.78 is 32.0. The van der Waals surface area contributed by atoms with E-state index >= 15 is 0 Å². The Morgan fingerprint density at radius 1 is 1.14 bits per heavy atom. The summed E-state index contributed by atoms with van der Waals surface area (Å²) in [4.78, 5) is 35.5. The third-order valence-electron chi connectivity index (χ3n) is 3.92. The zero-order valence-electron chi connectivity index (χ0n) is 15.0. The number of hydrogen-bond donors (Lipinski definition) is 2. The topological polar surface area (TPSA) is 136 Å². The van der Waals surface area contributed by atoms with Crippen LogP contribution in [0.1, 0.15) is 20.0 Å². The molecule has 29 heavy (non-hydrogen) atoms. The van der Waals surface area contributed by atoms with Gasteiger partial charge < -0.3 is 15.8 Å². The predicted octanol–water partition coefficient (Wildman–Crippen LogP) is 1.44. The molecule has 0 aromatic carbocycles. The average molecular weight is 476 g/mol. The van der Waals surface area contributed by atoms with Crippen molar-refractivity contribution in [2.24, 2.45) is 5.73 Å². The molecule has 3 rings (SSSR count). The van der Waals surface area contributed by atoms with Crippen LogP contribution in [0.15, 0.2) is 27.8 Å². The number of primary amides is 1. The Bertz CT molecular complexity index is 1020. The van der Waals surface area contributed by atoms with Crippen molar-refractivity contribution >= 4 is 67.2 Å². The summed E-state index contributed by atoms with van der Waals surface area (Å²) >= 11 is 3.71. The van der Waals surface area contributed by atoms with Crippen LogP contribution in [-0.2, 0) is 19.6 Å². The van der Waals surface area contributed by atoms with Crippen molar-refractivity contribution in [2.75, 3.05) is 36.5 Å². The van der Waals surface area contributed by atoms with Crippen molar-refractivity contribution in [3.8, 4) is 0 Å². The molecule has 2 amide bonds. The van der Waals surface area contributed by atoms with E-state index in [0.717, 1.165) is 22.7 Å². The first-order valence-electron chi connectivity index (χ1n) is 8.30. The van der Waals surface area contributed by atoms with Crippen LogP contribution < -0.4 is 11.1 Å². The van der Waals surface area contributed by atoms with Crippen LogP contribution in [0.4, 0.5) is 5.00 Å². The molecule has 0 unspecified atom stereocenters. The van der Waals surface area contributed by atoms with Gasteiger partial charge in [0.2, 0.25) is 10.0 Å². The first kappa shape index (κ1) is 21.8. The molecule has 0 atom stereocenters. The summed E-state index contributed by atoms with van der Waals surface area (Å²) in [6, 6.07) is 2.83. The summed E-state index contributed by atoms with van der Waals surface area (Å²) in [7, 11) is -3.81. The van der Waals surface area contributed by atoms with Gasteiger partial charge in [-0.2, -0.15) is 16.1 Å². The lowest BCUT2D eigenvalue weighted by molar-refractivity contribution is -0.119. The molecular weight excluding hydrogens is 458 g/mol. The molecule has 0 aliphatic carbocycles. The fourth-order valence-corrected chi connectivity index (χ4v) is 7.20. The van der Waals surface area contributed by atoms with E-state index in [0.29, 0.717) is 24.6 Å². The van der Waals surface area contributed by atoms with Crippen molar-refractivity contribution in [1.29, 1.82) is 0 Å². The highest BCUT2D eigenvalue weighted by molar-refractivity contribution is 7.99. The third-order valence-corrected chi connectivity index (χ3v) is 8.66. The van der Waals surface area contributed by atoms with E-state index in [1.165, 1.54) is 21.8 Å². The smallest absolute Gasteiger partial charge is 0.350 e. The van der Waals surface area contributed by atoms with Crippen LogP contribution in [0.5, 0.6) is 0 Å². The maximum Gasteiger partial charge on any atom is 0.350 e. The van der Waals surface area contributed by atoms with Gasteiger partial charge in [0.1, 0.15) is 14.8 Å². The summed E-state index contributed by atoms with van der Waals surface area (Å²) in [5.74, 6) is -0.875. The van der Waals surface area contributed by atoms with Crippen molar-refractivity contribution in [3.05, 3.63) is 33.3 Å². The summed E-state index contributed by atoms with van der Waals surface area (Å²) in [5.41, 5.74) is 5.36. The van der Waals surface area contributed by atoms with Gasteiger partial charge in [0.25, 0.3) is 11.8 Å². The molecule has 2 aromatic heterocycles. The van der Waals surface area contributed by atoms with Crippen LogP contribution in [0.3, 0.4) is 0 Å². The molecule has 13 heteroatoms. The molecular formula is C16H17N3O6S4. The number of nitrogens with zero attached hydrogens (tertiary/aromatic N) is 1. The van der Waals surface area contributed by atoms with Crippen LogP contribution in [0.25, 0.3) is 0 Å². The van der Waals surface area contributed by atoms with E-state index in [1.54, 1.807) is 17.1 Å². The maximum absolute atomic E-state index is 12.8. The molecule has 3 heterocycles. The van der Waals surface area contributed by atoms with Gasteiger partial charge in [0.05, 0.1) is 5.56 Å². The Morgan fingerprint density at radius 3 is 2.52 bits per heavy atom. The number of nitrogens with one attached hydrogen (secondary N) is 1. The lowest BCUT2D eigenvalue weighted by Gasteiger charge is -2.25. The maximum atomic E-state index is 12.8. The van der Waals surface area contributed by atoms with Gasteiger partial charge in [-0.15, -0.1) is 22.7 Å². The van der Waals surface area contributed by atoms with Crippen LogP contribution in [0.2, 0.25) is 0 Å². The minimum Gasteiger partial charge on any atom is -0.451 e. The number of sulfonamides is 1. The van der Waals surface area contributed by atoms with Gasteiger partial charge in [-0.25, -0.2) is 13.2 Å². The standard InChI is InChI=1S/C16H17N3O6S4/c17-14(21)10-1-5-28-15(10)18-12(20)9-25-16(22)13-11(2-6-27-13)29(23,24)19-3-7-26-8-4-19/h1-2,5-6H,3-4,7-9H2,(H2,17,21)(H,18,20). The van der Waals surface area contributed by atoms with E-state index in [9.17, 15) is 22.8 Å². The Morgan fingerprint density at radius 2 is 1.83 bits per heavy atom. The second-order valence-electron chi connectivity index (χ2n) is 5.78. The monoisotopic (exact) mass is 475 g/mol. The van der Waals surface area contributed by atoms with Gasteiger partial charge in [-0.1, -0.05) is 0 Å². The van der Waals surface area contributed by atoms with Gasteiger partial charge in [0, 0.05) is 24.6 Å². The zero-order valence-corrected chi connectivity index (χ0v) is 18.2. The normalized spacial score (nSPS) is 15.0. The fraction of sp³-hybridized carbons (Fsp3) is 0.312. The lowest BCUT2D eigenvalue weighted by atomic mass is 10.3. The van der Waals surface area contributed by atoms with Crippen molar-refractivity contribution < 1.29 is 27.5 Å². The summed E-state index contributed by atoms with van der Waals surface area (Å²) in [6.45, 7) is 0.123. The number of hydrogen-bond acceptors (Lipinski definition) is 9. The number of esters is 1. The second-order valence-corrected chi connectivity index (χ2v) is 10.7. The molecule has 3 N–H and O–H groups in total. The van der Waals surface area contributed by atoms with E-state index in [4.69, 9.17) is 10.5 Å². The molecule has 1 aliphatic heterocycles. The number of carbonyl (C=O) groups is 3. The molecule has 9 nitrogen and oxygen atoms in total. The number of amides is 2. The van der Waals surface area contributed by atoms with E-state index < -0.39 is 34.4 Å². The van der Waals surface area contributed by atoms with Crippen molar-refractivity contribution in [2.45, 2.75) is 4.90 Å². The van der Waals surface area contributed by atoms with Crippen molar-refractivity contribution in [1.82, 2.24) is 4.31 Å². The van der Waals surface area contributed by atoms with Gasteiger partial charge in [-0.3, -0.25) is 9.59 Å². The van der Waals surface area contributed by atoms with Crippen LogP contribution in [-0.4, -0.2) is 61.7 Å². The summed E-state index contributed by atoms with van der Waals surface area (Å²) in [6.07, 6.45) is 0. The van der Waals surface area contributed by atoms with Crippen LogP contribution >= 0.6 is 34.4 Å². The SMILES string of the molecule is NC(=O)c1ccsc1NC(=O)COC(=O)c1sccc1S(=O)(=O)N1CCSCC1. The first-order valence-corrected chi connectivity index (χ1v) is 12.7. The largest absolute Gasteiger partial charge is 0.451 e. The average Bonchev–Trinajstić information content (AvgIpc) is 3.36. The molecule has 1 fully saturated rings. The molecule has 1 saturated heterocycles. The third kappa shape index (κ3) is 4.98. The highest BCUT2D eigenvalue weighted by Crippen LogP contribution is 2.28. The molecule has 0 spiro atoms. The molecule has 0 saturated carbocycles. The summed E-state index contributed by atoms with van der Waals surface area (Å²) in [5, 5.41) is 5.78. The lowest BCUT2D eigenvalue weighted by Crippen LogP contribution is -2.38. The predicted molar refractivity (Wildman–Crippen MR) is 112 cm³/mol. The number of anilines is 1. The van der Waals surface area contributed by atoms with E-state index in [-0.39, 0.29) is 20.3 Å². The quantitative estimate of drug-likeness (QED) is 0.578. The fourth-order valence-electron chi connectivity index (χ4n) is 2.53. The molecule has 156 valence electrons. The van der Waals surface area contributed by atoms with Crippen LogP contribution in [0, 0.1) is 0 Å². The number of carbonyl (C=O) groups excluding carboxylic acids is 3. The van der Waals surface area contributed by atoms with Crippen molar-refractivity contribution in [3.63, 3.8) is 0 Å². The van der Waals surface area contributed by atoms with Gasteiger partial charge >= 0.3 is 5.97 Å². The Balaban J connectivity index is 1.65. The van der Waals surface area contributed by atoms with Gasteiger partial charge in [0.15, 0.2) is 6.61 Å². The number of thioether (sulfide) groups is 1. The Kier molecular flexibility index (Phi) is 6.95.